The number of fused-ring (bicyclic) bond motifs is 18. The van der Waals surface area contributed by atoms with E-state index in [2.05, 4.69) is 31.2 Å². The highest BCUT2D eigenvalue weighted by molar-refractivity contribution is 5.99. The molecule has 0 radical (unpaired) electrons. The molecule has 0 unspecified atom stereocenters. The molecule has 13 heteroatoms. The van der Waals surface area contributed by atoms with Gasteiger partial charge in [-0.1, -0.05) is 56.3 Å². The first-order valence-corrected chi connectivity index (χ1v) is 16.6. The molecule has 260 valence electrons. The zero-order valence-electron chi connectivity index (χ0n) is 28.5. The molecule has 0 spiro atoms. The number of anilines is 1. The van der Waals surface area contributed by atoms with Crippen molar-refractivity contribution in [1.82, 2.24) is 36.1 Å². The molecule has 0 aliphatic carbocycles. The van der Waals surface area contributed by atoms with Crippen molar-refractivity contribution in [1.29, 1.82) is 0 Å². The number of nitrogens with one attached hydrogen (secondary N) is 4. The predicted octanol–water partition coefficient (Wildman–Crippen LogP) is 2.30. The zero-order valence-corrected chi connectivity index (χ0v) is 28.5. The largest absolute Gasteiger partial charge is 0.368 e. The van der Waals surface area contributed by atoms with Crippen LogP contribution in [0.3, 0.4) is 0 Å². The van der Waals surface area contributed by atoms with Crippen molar-refractivity contribution in [2.45, 2.75) is 78.0 Å². The van der Waals surface area contributed by atoms with E-state index in [1.54, 1.807) is 43.0 Å². The summed E-state index contributed by atoms with van der Waals surface area (Å²) in [5, 5.41) is 11.3. The van der Waals surface area contributed by atoms with Gasteiger partial charge in [-0.3, -0.25) is 24.0 Å². The van der Waals surface area contributed by atoms with Crippen molar-refractivity contribution < 1.29 is 24.0 Å². The number of carbonyl (C=O) groups excluding carboxylic acids is 5. The Morgan fingerprint density at radius 2 is 1.61 bits per heavy atom. The maximum absolute atomic E-state index is 13.7. The Morgan fingerprint density at radius 1 is 0.918 bits per heavy atom. The molecule has 3 heterocycles. The minimum absolute atomic E-state index is 0.0539. The molecule has 13 nitrogen and oxygen atoms in total. The fourth-order valence-corrected chi connectivity index (χ4v) is 5.55. The number of amides is 5. The van der Waals surface area contributed by atoms with Crippen LogP contribution in [0.1, 0.15) is 77.6 Å². The number of hydrogen-bond acceptors (Lipinski definition) is 8. The first kappa shape index (κ1) is 36.5. The molecule has 0 saturated heterocycles. The van der Waals surface area contributed by atoms with Gasteiger partial charge in [0, 0.05) is 37.8 Å². The van der Waals surface area contributed by atoms with Crippen molar-refractivity contribution in [2.24, 2.45) is 5.92 Å². The second-order valence-corrected chi connectivity index (χ2v) is 12.8. The summed E-state index contributed by atoms with van der Waals surface area (Å²) in [6.07, 6.45) is 3.08. The highest BCUT2D eigenvalue weighted by Crippen LogP contribution is 2.16. The Morgan fingerprint density at radius 3 is 2.29 bits per heavy atom. The molecule has 1 aromatic heterocycles. The molecule has 0 fully saturated rings. The van der Waals surface area contributed by atoms with Crippen LogP contribution >= 0.6 is 0 Å². The van der Waals surface area contributed by atoms with Crippen molar-refractivity contribution in [2.75, 3.05) is 18.8 Å². The molecule has 49 heavy (non-hydrogen) atoms. The van der Waals surface area contributed by atoms with E-state index in [4.69, 9.17) is 5.73 Å². The van der Waals surface area contributed by atoms with Crippen LogP contribution in [0.15, 0.2) is 60.8 Å². The van der Waals surface area contributed by atoms with Crippen LogP contribution in [0.25, 0.3) is 0 Å². The molecular weight excluding hydrogens is 624 g/mol. The molecule has 6 N–H and O–H groups in total. The summed E-state index contributed by atoms with van der Waals surface area (Å²) in [6, 6.07) is 13.3. The third-order valence-corrected chi connectivity index (χ3v) is 8.26. The van der Waals surface area contributed by atoms with E-state index in [9.17, 15) is 24.0 Å². The van der Waals surface area contributed by atoms with Crippen molar-refractivity contribution >= 4 is 35.5 Å². The van der Waals surface area contributed by atoms with E-state index < -0.39 is 35.8 Å². The van der Waals surface area contributed by atoms with E-state index in [1.165, 1.54) is 6.20 Å². The van der Waals surface area contributed by atoms with Gasteiger partial charge in [0.15, 0.2) is 0 Å². The standard InChI is InChI=1S/C36H46N8O5/c1-22(2)18-29-33(47)40-24(4)31(45)38-16-8-9-17-44(35(49)28-20-39-36(37)41-23(28)3)21-26-12-14-27(15-13-26)32(46)42-30(34(48)43-29)19-25-10-6-5-7-11-25/h5-7,10-15,20,22,24,29-30H,8-9,16-19,21H2,1-4H3,(H,38,45)(H,40,47)(H,42,46)(H,43,48)(H2,37,39,41)/t24-,29+,30-/m1/s1. The van der Waals surface area contributed by atoms with Gasteiger partial charge in [0.25, 0.3) is 11.8 Å². The molecule has 0 saturated carbocycles. The Kier molecular flexibility index (Phi) is 12.8. The van der Waals surface area contributed by atoms with Gasteiger partial charge >= 0.3 is 0 Å². The number of aromatic nitrogens is 2. The highest BCUT2D eigenvalue weighted by Gasteiger charge is 2.30. The Balaban J connectivity index is 1.63. The monoisotopic (exact) mass is 670 g/mol. The number of nitrogens with zero attached hydrogens (tertiary/aromatic N) is 3. The molecule has 3 aromatic rings. The molecule has 3 atom stereocenters. The van der Waals surface area contributed by atoms with Crippen molar-refractivity contribution in [3.8, 4) is 0 Å². The molecule has 5 amide bonds. The quantitative estimate of drug-likeness (QED) is 0.256. The second kappa shape index (κ2) is 17.2. The first-order valence-electron chi connectivity index (χ1n) is 16.6. The molecular formula is C36H46N8O5. The van der Waals surface area contributed by atoms with Crippen LogP contribution in [-0.2, 0) is 27.3 Å². The normalized spacial score (nSPS) is 20.1. The van der Waals surface area contributed by atoms with Gasteiger partial charge in [0.05, 0.1) is 11.3 Å². The molecule has 2 bridgehead atoms. The zero-order chi connectivity index (χ0) is 35.5. The summed E-state index contributed by atoms with van der Waals surface area (Å²) in [4.78, 5) is 77.0. The maximum atomic E-state index is 13.7. The van der Waals surface area contributed by atoms with Crippen molar-refractivity contribution in [3.63, 3.8) is 0 Å². The first-order chi connectivity index (χ1) is 23.4. The fraction of sp³-hybridized carbons (Fsp3) is 0.417. The summed E-state index contributed by atoms with van der Waals surface area (Å²) in [6.45, 7) is 8.09. The number of aryl methyl sites for hydroxylation is 1. The van der Waals surface area contributed by atoms with Gasteiger partial charge < -0.3 is 31.9 Å². The van der Waals surface area contributed by atoms with Crippen LogP contribution in [0.4, 0.5) is 5.95 Å². The Hall–Kier alpha value is -5.33. The SMILES string of the molecule is Cc1nc(N)ncc1C(=O)N1CCCCNC(=O)[C@@H](C)NC(=O)[C@H](CC(C)C)NC(=O)[C@@H](Cc2ccccc2)NC(=O)c2ccc(cc2)C1. The minimum atomic E-state index is -0.995. The summed E-state index contributed by atoms with van der Waals surface area (Å²) in [5.74, 6) is -2.00. The fourth-order valence-electron chi connectivity index (χ4n) is 5.55. The third kappa shape index (κ3) is 10.6. The molecule has 2 aliphatic heterocycles. The lowest BCUT2D eigenvalue weighted by Crippen LogP contribution is -2.57. The number of nitrogens with two attached hydrogens (primary N) is 1. The van der Waals surface area contributed by atoms with Gasteiger partial charge in [-0.05, 0) is 62.3 Å². The van der Waals surface area contributed by atoms with Crippen LogP contribution in [0.2, 0.25) is 0 Å². The molecule has 2 aliphatic rings. The molecule has 2 aromatic carbocycles. The van der Waals surface area contributed by atoms with Crippen molar-refractivity contribution in [3.05, 3.63) is 88.7 Å². The Labute approximate surface area is 286 Å². The van der Waals surface area contributed by atoms with Gasteiger partial charge in [0.1, 0.15) is 18.1 Å². The van der Waals surface area contributed by atoms with E-state index in [0.29, 0.717) is 49.2 Å². The lowest BCUT2D eigenvalue weighted by molar-refractivity contribution is -0.132. The van der Waals surface area contributed by atoms with E-state index in [0.717, 1.165) is 11.1 Å². The average Bonchev–Trinajstić information content (AvgIpc) is 3.06. The number of carbonyl (C=O) groups is 5. The van der Waals surface area contributed by atoms with E-state index in [-0.39, 0.29) is 36.6 Å². The lowest BCUT2D eigenvalue weighted by atomic mass is 10.0. The van der Waals surface area contributed by atoms with Gasteiger partial charge in [0.2, 0.25) is 23.7 Å². The van der Waals surface area contributed by atoms with E-state index >= 15 is 0 Å². The van der Waals surface area contributed by atoms with Gasteiger partial charge in [-0.15, -0.1) is 0 Å². The van der Waals surface area contributed by atoms with Crippen LogP contribution < -0.4 is 27.0 Å². The minimum Gasteiger partial charge on any atom is -0.368 e. The number of benzene rings is 2. The predicted molar refractivity (Wildman–Crippen MR) is 185 cm³/mol. The van der Waals surface area contributed by atoms with Crippen LogP contribution in [0.5, 0.6) is 0 Å². The number of hydrogen-bond donors (Lipinski definition) is 5. The number of nitrogen functional groups attached to an aromatic ring is 1. The summed E-state index contributed by atoms with van der Waals surface area (Å²) >= 11 is 0. The van der Waals surface area contributed by atoms with Gasteiger partial charge in [-0.2, -0.15) is 0 Å². The third-order valence-electron chi connectivity index (χ3n) is 8.26. The Bertz CT molecular complexity index is 1630. The van der Waals surface area contributed by atoms with Gasteiger partial charge in [-0.25, -0.2) is 9.97 Å². The smallest absolute Gasteiger partial charge is 0.257 e. The highest BCUT2D eigenvalue weighted by atomic mass is 16.2. The van der Waals surface area contributed by atoms with E-state index in [1.807, 2.05) is 44.2 Å². The maximum Gasteiger partial charge on any atom is 0.257 e. The summed E-state index contributed by atoms with van der Waals surface area (Å²) in [5.41, 5.74) is 8.43. The molecule has 5 rings (SSSR count). The summed E-state index contributed by atoms with van der Waals surface area (Å²) in [7, 11) is 0. The number of rotatable bonds is 5. The average molecular weight is 671 g/mol. The lowest BCUT2D eigenvalue weighted by Gasteiger charge is -2.25. The summed E-state index contributed by atoms with van der Waals surface area (Å²) < 4.78 is 0. The van der Waals surface area contributed by atoms with Crippen LogP contribution in [0, 0.1) is 12.8 Å². The second-order valence-electron chi connectivity index (χ2n) is 12.8. The van der Waals surface area contributed by atoms with Crippen LogP contribution in [-0.4, -0.2) is 75.6 Å². The topological polar surface area (TPSA) is 189 Å².